The molecule has 0 bridgehead atoms. The maximum absolute atomic E-state index is 5.81. The van der Waals surface area contributed by atoms with Crippen molar-refractivity contribution in [3.05, 3.63) is 29.3 Å². The van der Waals surface area contributed by atoms with E-state index in [-0.39, 0.29) is 0 Å². The van der Waals surface area contributed by atoms with Crippen molar-refractivity contribution in [3.63, 3.8) is 0 Å². The van der Waals surface area contributed by atoms with E-state index in [1.54, 1.807) is 0 Å². The molecule has 16 heavy (non-hydrogen) atoms. The monoisotopic (exact) mass is 218 g/mol. The molecule has 1 unspecified atom stereocenters. The van der Waals surface area contributed by atoms with Gasteiger partial charge in [0.2, 0.25) is 0 Å². The predicted molar refractivity (Wildman–Crippen MR) is 63.8 cm³/mol. The van der Waals surface area contributed by atoms with E-state index in [4.69, 9.17) is 10.6 Å². The van der Waals surface area contributed by atoms with Crippen LogP contribution in [0.25, 0.3) is 0 Å². The lowest BCUT2D eigenvalue weighted by molar-refractivity contribution is -0.207. The summed E-state index contributed by atoms with van der Waals surface area (Å²) >= 11 is 0. The van der Waals surface area contributed by atoms with Crippen LogP contribution >= 0.6 is 0 Å². The van der Waals surface area contributed by atoms with Crippen LogP contribution < -0.4 is 5.73 Å². The van der Waals surface area contributed by atoms with E-state index in [0.717, 1.165) is 25.3 Å². The zero-order chi connectivity index (χ0) is 11.0. The molecule has 1 fully saturated rings. The smallest absolute Gasteiger partial charge is 0.0685 e. The average molecular weight is 218 g/mol. The van der Waals surface area contributed by atoms with Crippen LogP contribution in [-0.2, 0) is 11.3 Å². The van der Waals surface area contributed by atoms with Crippen molar-refractivity contribution in [3.8, 4) is 0 Å². The Kier molecular flexibility index (Phi) is 2.58. The molecule has 0 aromatic heterocycles. The summed E-state index contributed by atoms with van der Waals surface area (Å²) < 4.78 is 0. The van der Waals surface area contributed by atoms with Gasteiger partial charge in [-0.05, 0) is 48.9 Å². The van der Waals surface area contributed by atoms with Crippen molar-refractivity contribution in [1.29, 1.82) is 0 Å². The molecule has 1 aromatic carbocycles. The zero-order valence-corrected chi connectivity index (χ0v) is 9.48. The second-order valence-corrected chi connectivity index (χ2v) is 4.69. The fraction of sp³-hybridized carbons (Fsp3) is 0.538. The molecule has 0 radical (unpaired) electrons. The van der Waals surface area contributed by atoms with E-state index in [9.17, 15) is 0 Å². The van der Waals surface area contributed by atoms with Gasteiger partial charge in [-0.15, -0.1) is 0 Å². The van der Waals surface area contributed by atoms with Crippen molar-refractivity contribution < 1.29 is 4.84 Å². The van der Waals surface area contributed by atoms with Gasteiger partial charge in [0.15, 0.2) is 0 Å². The molecule has 2 aliphatic rings. The fourth-order valence-electron chi connectivity index (χ4n) is 2.78. The summed E-state index contributed by atoms with van der Waals surface area (Å²) in [5.41, 5.74) is 9.50. The highest BCUT2D eigenvalue weighted by molar-refractivity contribution is 5.47. The predicted octanol–water partition coefficient (Wildman–Crippen LogP) is 2.28. The molecule has 1 aromatic rings. The number of aryl methyl sites for hydroxylation is 1. The standard InChI is InChI=1S/C13H18N2O/c14-11-4-5-12-10(9-11)3-6-13(12)15-7-1-2-8-16-15/h4-5,9,13H,1-3,6-8,14H2. The molecule has 1 aliphatic carbocycles. The third-order valence-electron chi connectivity index (χ3n) is 3.59. The molecule has 0 spiro atoms. The third-order valence-corrected chi connectivity index (χ3v) is 3.59. The minimum atomic E-state index is 0.455. The number of nitrogen functional groups attached to an aromatic ring is 1. The second-order valence-electron chi connectivity index (χ2n) is 4.69. The quantitative estimate of drug-likeness (QED) is 0.735. The van der Waals surface area contributed by atoms with Crippen molar-refractivity contribution in [1.82, 2.24) is 5.06 Å². The van der Waals surface area contributed by atoms with Crippen LogP contribution in [0.1, 0.15) is 36.4 Å². The molecule has 1 saturated heterocycles. The number of nitrogens with two attached hydrogens (primary N) is 1. The number of hydroxylamine groups is 2. The first kappa shape index (κ1) is 10.1. The number of nitrogens with zero attached hydrogens (tertiary/aromatic N) is 1. The van der Waals surface area contributed by atoms with E-state index in [0.29, 0.717) is 6.04 Å². The Morgan fingerprint density at radius 3 is 3.06 bits per heavy atom. The highest BCUT2D eigenvalue weighted by atomic mass is 16.7. The van der Waals surface area contributed by atoms with Gasteiger partial charge in [0, 0.05) is 12.2 Å². The van der Waals surface area contributed by atoms with Gasteiger partial charge in [0.25, 0.3) is 0 Å². The van der Waals surface area contributed by atoms with E-state index in [1.807, 2.05) is 6.07 Å². The SMILES string of the molecule is Nc1ccc2c(c1)CCC2N1CCCCO1. The molecule has 86 valence electrons. The summed E-state index contributed by atoms with van der Waals surface area (Å²) in [5.74, 6) is 0. The van der Waals surface area contributed by atoms with E-state index < -0.39 is 0 Å². The van der Waals surface area contributed by atoms with Gasteiger partial charge in [-0.1, -0.05) is 6.07 Å². The van der Waals surface area contributed by atoms with E-state index >= 15 is 0 Å². The molecule has 0 saturated carbocycles. The van der Waals surface area contributed by atoms with Gasteiger partial charge >= 0.3 is 0 Å². The lowest BCUT2D eigenvalue weighted by atomic mass is 10.1. The normalized spacial score (nSPS) is 25.6. The summed E-state index contributed by atoms with van der Waals surface area (Å²) in [5, 5.41) is 2.17. The van der Waals surface area contributed by atoms with E-state index in [2.05, 4.69) is 17.2 Å². The topological polar surface area (TPSA) is 38.5 Å². The first-order valence-electron chi connectivity index (χ1n) is 6.12. The summed E-state index contributed by atoms with van der Waals surface area (Å²) in [6.45, 7) is 1.94. The minimum absolute atomic E-state index is 0.455. The van der Waals surface area contributed by atoms with Crippen LogP contribution in [0.5, 0.6) is 0 Å². The van der Waals surface area contributed by atoms with Gasteiger partial charge in [-0.2, -0.15) is 5.06 Å². The van der Waals surface area contributed by atoms with Crippen molar-refractivity contribution in [2.24, 2.45) is 0 Å². The number of hydrogen-bond donors (Lipinski definition) is 1. The number of benzene rings is 1. The summed E-state index contributed by atoms with van der Waals surface area (Å²) in [6.07, 6.45) is 4.74. The highest BCUT2D eigenvalue weighted by Gasteiger charge is 2.29. The van der Waals surface area contributed by atoms with Crippen LogP contribution in [-0.4, -0.2) is 18.2 Å². The average Bonchev–Trinajstić information content (AvgIpc) is 2.73. The lowest BCUT2D eigenvalue weighted by Crippen LogP contribution is -2.32. The Balaban J connectivity index is 1.84. The molecule has 1 aliphatic heterocycles. The Bertz CT molecular complexity index is 386. The number of rotatable bonds is 1. The van der Waals surface area contributed by atoms with Crippen LogP contribution in [0.2, 0.25) is 0 Å². The van der Waals surface area contributed by atoms with E-state index in [1.165, 1.54) is 30.4 Å². The molecule has 1 atom stereocenters. The van der Waals surface area contributed by atoms with Gasteiger partial charge in [-0.25, -0.2) is 0 Å². The van der Waals surface area contributed by atoms with Crippen LogP contribution in [0.15, 0.2) is 18.2 Å². The maximum Gasteiger partial charge on any atom is 0.0685 e. The minimum Gasteiger partial charge on any atom is -0.399 e. The molecule has 2 N–H and O–H groups in total. The van der Waals surface area contributed by atoms with Crippen LogP contribution in [0.4, 0.5) is 5.69 Å². The molecule has 0 amide bonds. The van der Waals surface area contributed by atoms with Crippen LogP contribution in [0.3, 0.4) is 0 Å². The first-order chi connectivity index (χ1) is 7.84. The first-order valence-corrected chi connectivity index (χ1v) is 6.12. The maximum atomic E-state index is 5.81. The molecule has 3 heteroatoms. The Morgan fingerprint density at radius 1 is 1.31 bits per heavy atom. The van der Waals surface area contributed by atoms with Gasteiger partial charge < -0.3 is 5.73 Å². The zero-order valence-electron chi connectivity index (χ0n) is 9.48. The second kappa shape index (κ2) is 4.07. The van der Waals surface area contributed by atoms with Crippen molar-refractivity contribution in [2.75, 3.05) is 18.9 Å². The van der Waals surface area contributed by atoms with Crippen molar-refractivity contribution >= 4 is 5.69 Å². The Hall–Kier alpha value is -1.06. The Labute approximate surface area is 96.1 Å². The Morgan fingerprint density at radius 2 is 2.25 bits per heavy atom. The number of anilines is 1. The third kappa shape index (κ3) is 1.70. The largest absolute Gasteiger partial charge is 0.399 e. The van der Waals surface area contributed by atoms with Gasteiger partial charge in [0.05, 0.1) is 12.6 Å². The van der Waals surface area contributed by atoms with Crippen LogP contribution in [0, 0.1) is 0 Å². The summed E-state index contributed by atoms with van der Waals surface area (Å²) in [4.78, 5) is 5.75. The molecule has 1 heterocycles. The summed E-state index contributed by atoms with van der Waals surface area (Å²) in [6, 6.07) is 6.73. The van der Waals surface area contributed by atoms with Gasteiger partial charge in [0.1, 0.15) is 0 Å². The van der Waals surface area contributed by atoms with Crippen molar-refractivity contribution in [2.45, 2.75) is 31.7 Å². The molecule has 3 rings (SSSR count). The number of hydrogen-bond acceptors (Lipinski definition) is 3. The number of fused-ring (bicyclic) bond motifs is 1. The highest BCUT2D eigenvalue weighted by Crippen LogP contribution is 2.37. The summed E-state index contributed by atoms with van der Waals surface area (Å²) in [7, 11) is 0. The van der Waals surface area contributed by atoms with Gasteiger partial charge in [-0.3, -0.25) is 4.84 Å². The molecular weight excluding hydrogens is 200 g/mol. The molecular formula is C13H18N2O. The fourth-order valence-corrected chi connectivity index (χ4v) is 2.78. The lowest BCUT2D eigenvalue weighted by Gasteiger charge is -2.31. The molecule has 3 nitrogen and oxygen atoms in total.